The van der Waals surface area contributed by atoms with Crippen molar-refractivity contribution in [2.45, 2.75) is 25.7 Å². The van der Waals surface area contributed by atoms with Gasteiger partial charge in [0.05, 0.1) is 29.5 Å². The molecule has 1 aliphatic rings. The van der Waals surface area contributed by atoms with Gasteiger partial charge in [-0.05, 0) is 31.9 Å². The normalized spacial score (nSPS) is 13.5. The fourth-order valence-corrected chi connectivity index (χ4v) is 3.20. The fourth-order valence-electron chi connectivity index (χ4n) is 2.42. The molecule has 0 unspecified atom stereocenters. The van der Waals surface area contributed by atoms with E-state index in [1.807, 2.05) is 24.4 Å². The van der Waals surface area contributed by atoms with E-state index in [0.717, 1.165) is 11.4 Å². The Kier molecular flexibility index (Phi) is 4.10. The molecule has 7 nitrogen and oxygen atoms in total. The van der Waals surface area contributed by atoms with Gasteiger partial charge < -0.3 is 5.32 Å². The Hall–Kier alpha value is -2.87. The van der Waals surface area contributed by atoms with E-state index in [1.54, 1.807) is 12.4 Å². The summed E-state index contributed by atoms with van der Waals surface area (Å²) in [4.78, 5) is 29.5. The number of amides is 1. The highest BCUT2D eigenvalue weighted by Crippen LogP contribution is 2.40. The van der Waals surface area contributed by atoms with Crippen molar-refractivity contribution in [1.29, 1.82) is 0 Å². The van der Waals surface area contributed by atoms with Crippen LogP contribution in [0.25, 0.3) is 0 Å². The topological polar surface area (TPSA) is 92.7 Å². The third-order valence-corrected chi connectivity index (χ3v) is 4.60. The molecule has 1 amide bonds. The van der Waals surface area contributed by atoms with Gasteiger partial charge in [-0.2, -0.15) is 0 Å². The van der Waals surface area contributed by atoms with Gasteiger partial charge in [-0.25, -0.2) is 19.9 Å². The van der Waals surface area contributed by atoms with Crippen molar-refractivity contribution in [3.8, 4) is 0 Å². The van der Waals surface area contributed by atoms with Gasteiger partial charge in [-0.1, -0.05) is 0 Å². The monoisotopic (exact) mass is 352 g/mol. The Bertz CT molecular complexity index is 907. The molecule has 1 fully saturated rings. The number of hydrogen-bond acceptors (Lipinski definition) is 7. The van der Waals surface area contributed by atoms with Gasteiger partial charge in [-0.15, -0.1) is 11.3 Å². The molecule has 0 saturated heterocycles. The largest absolute Gasteiger partial charge is 0.351 e. The lowest BCUT2D eigenvalue weighted by molar-refractivity contribution is 0.102. The van der Waals surface area contributed by atoms with Gasteiger partial charge in [-0.3, -0.25) is 10.1 Å². The molecule has 3 heterocycles. The van der Waals surface area contributed by atoms with E-state index < -0.39 is 0 Å². The van der Waals surface area contributed by atoms with E-state index in [0.29, 0.717) is 28.1 Å². The van der Waals surface area contributed by atoms with Crippen LogP contribution in [0.2, 0.25) is 0 Å². The van der Waals surface area contributed by atoms with Crippen LogP contribution in [0.15, 0.2) is 36.2 Å². The summed E-state index contributed by atoms with van der Waals surface area (Å²) in [5.74, 6) is 0.272. The van der Waals surface area contributed by atoms with Crippen LogP contribution in [0, 0.1) is 6.92 Å². The summed E-state index contributed by atoms with van der Waals surface area (Å²) < 4.78 is 0. The molecule has 0 spiro atoms. The van der Waals surface area contributed by atoms with Crippen molar-refractivity contribution in [1.82, 2.24) is 19.9 Å². The minimum absolute atomic E-state index is 0.292. The van der Waals surface area contributed by atoms with Crippen molar-refractivity contribution in [2.24, 2.45) is 0 Å². The number of hydrogen-bond donors (Lipinski definition) is 2. The van der Waals surface area contributed by atoms with E-state index >= 15 is 0 Å². The molecule has 3 aromatic rings. The summed E-state index contributed by atoms with van der Waals surface area (Å²) >= 11 is 1.44. The standard InChI is InChI=1S/C17H16N6OS/c1-10-2-5-13(21-12-6-18-9-19-7-12)15(20-10)16(24)23-17-22-14(8-25-17)11-3-4-11/h2,5-9,11,21H,3-4H2,1H3,(H,22,23,24). The Morgan fingerprint density at radius 1 is 1.20 bits per heavy atom. The molecule has 0 aromatic carbocycles. The minimum Gasteiger partial charge on any atom is -0.351 e. The van der Waals surface area contributed by atoms with Gasteiger partial charge in [0.25, 0.3) is 5.91 Å². The van der Waals surface area contributed by atoms with Crippen LogP contribution < -0.4 is 10.6 Å². The van der Waals surface area contributed by atoms with E-state index in [4.69, 9.17) is 0 Å². The van der Waals surface area contributed by atoms with Crippen LogP contribution >= 0.6 is 11.3 Å². The van der Waals surface area contributed by atoms with Crippen molar-refractivity contribution in [2.75, 3.05) is 10.6 Å². The number of aromatic nitrogens is 4. The highest BCUT2D eigenvalue weighted by atomic mass is 32.1. The molecule has 2 N–H and O–H groups in total. The second-order valence-electron chi connectivity index (χ2n) is 5.91. The summed E-state index contributed by atoms with van der Waals surface area (Å²) in [6.07, 6.45) is 7.09. The Balaban J connectivity index is 1.56. The number of nitrogens with zero attached hydrogens (tertiary/aromatic N) is 4. The second-order valence-corrected chi connectivity index (χ2v) is 6.76. The van der Waals surface area contributed by atoms with Crippen LogP contribution in [0.1, 0.15) is 40.6 Å². The molecular weight excluding hydrogens is 336 g/mol. The number of nitrogens with one attached hydrogen (secondary N) is 2. The molecule has 8 heteroatoms. The predicted molar refractivity (Wildman–Crippen MR) is 96.3 cm³/mol. The molecule has 1 aliphatic carbocycles. The van der Waals surface area contributed by atoms with Crippen LogP contribution in [0.4, 0.5) is 16.5 Å². The van der Waals surface area contributed by atoms with Crippen LogP contribution in [-0.4, -0.2) is 25.8 Å². The van der Waals surface area contributed by atoms with E-state index in [9.17, 15) is 4.79 Å². The van der Waals surface area contributed by atoms with Crippen molar-refractivity contribution in [3.63, 3.8) is 0 Å². The molecule has 0 atom stereocenters. The molecule has 25 heavy (non-hydrogen) atoms. The average molecular weight is 352 g/mol. The fraction of sp³-hybridized carbons (Fsp3) is 0.235. The zero-order valence-corrected chi connectivity index (χ0v) is 14.4. The quantitative estimate of drug-likeness (QED) is 0.730. The zero-order valence-electron chi connectivity index (χ0n) is 13.6. The minimum atomic E-state index is -0.292. The van der Waals surface area contributed by atoms with E-state index in [-0.39, 0.29) is 5.91 Å². The van der Waals surface area contributed by atoms with Gasteiger partial charge in [0, 0.05) is 17.0 Å². The van der Waals surface area contributed by atoms with Crippen molar-refractivity contribution >= 4 is 33.8 Å². The van der Waals surface area contributed by atoms with Gasteiger partial charge in [0.2, 0.25) is 0 Å². The van der Waals surface area contributed by atoms with E-state index in [1.165, 1.54) is 30.5 Å². The summed E-state index contributed by atoms with van der Waals surface area (Å²) in [6.45, 7) is 1.85. The highest BCUT2D eigenvalue weighted by Gasteiger charge is 2.26. The first-order valence-electron chi connectivity index (χ1n) is 7.95. The van der Waals surface area contributed by atoms with Crippen LogP contribution in [0.3, 0.4) is 0 Å². The van der Waals surface area contributed by atoms with Crippen molar-refractivity contribution < 1.29 is 4.79 Å². The number of anilines is 3. The smallest absolute Gasteiger partial charge is 0.278 e. The highest BCUT2D eigenvalue weighted by molar-refractivity contribution is 7.14. The maximum absolute atomic E-state index is 12.7. The summed E-state index contributed by atoms with van der Waals surface area (Å²) in [5.41, 5.74) is 3.42. The maximum atomic E-state index is 12.7. The molecule has 0 aliphatic heterocycles. The average Bonchev–Trinajstić information content (AvgIpc) is 3.37. The Labute approximate surface area is 148 Å². The number of thiazole rings is 1. The first kappa shape index (κ1) is 15.6. The SMILES string of the molecule is Cc1ccc(Nc2cncnc2)c(C(=O)Nc2nc(C3CC3)cs2)n1. The third-order valence-electron chi connectivity index (χ3n) is 3.83. The number of carbonyl (C=O) groups is 1. The third kappa shape index (κ3) is 3.63. The second kappa shape index (κ2) is 6.56. The lowest BCUT2D eigenvalue weighted by Gasteiger charge is -2.11. The van der Waals surface area contributed by atoms with Crippen LogP contribution in [0.5, 0.6) is 0 Å². The summed E-state index contributed by atoms with van der Waals surface area (Å²) in [7, 11) is 0. The number of aryl methyl sites for hydroxylation is 1. The van der Waals surface area contributed by atoms with Gasteiger partial charge in [0.1, 0.15) is 6.33 Å². The molecule has 4 rings (SSSR count). The molecule has 126 valence electrons. The maximum Gasteiger partial charge on any atom is 0.278 e. The van der Waals surface area contributed by atoms with Crippen LogP contribution in [-0.2, 0) is 0 Å². The lowest BCUT2D eigenvalue weighted by atomic mass is 10.2. The number of carbonyl (C=O) groups excluding carboxylic acids is 1. The summed E-state index contributed by atoms with van der Waals surface area (Å²) in [5, 5.41) is 8.60. The first-order valence-corrected chi connectivity index (χ1v) is 8.83. The van der Waals surface area contributed by atoms with Gasteiger partial charge in [0.15, 0.2) is 10.8 Å². The predicted octanol–water partition coefficient (Wildman–Crippen LogP) is 3.51. The van der Waals surface area contributed by atoms with Crippen molar-refractivity contribution in [3.05, 3.63) is 53.3 Å². The Morgan fingerprint density at radius 3 is 2.76 bits per heavy atom. The first-order chi connectivity index (χ1) is 12.2. The number of pyridine rings is 1. The zero-order chi connectivity index (χ0) is 17.2. The summed E-state index contributed by atoms with van der Waals surface area (Å²) in [6, 6.07) is 3.67. The molecule has 0 radical (unpaired) electrons. The lowest BCUT2D eigenvalue weighted by Crippen LogP contribution is -2.16. The van der Waals surface area contributed by atoms with Gasteiger partial charge >= 0.3 is 0 Å². The molecule has 1 saturated carbocycles. The molecule has 3 aromatic heterocycles. The van der Waals surface area contributed by atoms with E-state index in [2.05, 4.69) is 30.6 Å². The number of rotatable bonds is 5. The Morgan fingerprint density at radius 2 is 2.00 bits per heavy atom. The molecule has 0 bridgehead atoms. The molecular formula is C17H16N6OS.